The minimum absolute atomic E-state index is 0.463. The third kappa shape index (κ3) is 6.39. The van der Waals surface area contributed by atoms with Crippen molar-refractivity contribution in [1.82, 2.24) is 23.8 Å². The Morgan fingerprint density at radius 2 is 0.754 bits per heavy atom. The summed E-state index contributed by atoms with van der Waals surface area (Å²) in [5, 5.41) is 0. The molecule has 5 heterocycles. The predicted octanol–water partition coefficient (Wildman–Crippen LogP) is 13.2. The van der Waals surface area contributed by atoms with Gasteiger partial charge in [-0.2, -0.15) is 0 Å². The summed E-state index contributed by atoms with van der Waals surface area (Å²) in [4.78, 5) is 15.5. The highest BCUT2D eigenvalue weighted by molar-refractivity contribution is 5.85. The number of rotatable bonds is 8. The van der Waals surface area contributed by atoms with Crippen LogP contribution in [0.5, 0.6) is 0 Å². The average molecular weight is 734 g/mol. The molecule has 0 amide bonds. The highest BCUT2D eigenvalue weighted by Crippen LogP contribution is 2.37. The van der Waals surface area contributed by atoms with Gasteiger partial charge in [-0.15, -0.1) is 0 Å². The van der Waals surface area contributed by atoms with E-state index in [1.807, 2.05) is 24.3 Å². The van der Waals surface area contributed by atoms with Gasteiger partial charge in [0.2, 0.25) is 0 Å². The Bertz CT molecular complexity index is 2820. The monoisotopic (exact) mass is 733 g/mol. The number of benzene rings is 5. The van der Waals surface area contributed by atoms with Crippen molar-refractivity contribution in [3.05, 3.63) is 200 Å². The number of aromatic nitrogens is 5. The number of fused-ring (bicyclic) bond motifs is 2. The summed E-state index contributed by atoms with van der Waals surface area (Å²) in [5.41, 5.74) is 17.8. The molecule has 0 fully saturated rings. The predicted molar refractivity (Wildman–Crippen MR) is 234 cm³/mol. The molecule has 272 valence electrons. The van der Waals surface area contributed by atoms with Crippen molar-refractivity contribution in [3.8, 4) is 78.7 Å². The summed E-state index contributed by atoms with van der Waals surface area (Å²) in [6.07, 6.45) is 4.17. The minimum atomic E-state index is 0.463. The first-order valence-corrected chi connectivity index (χ1v) is 19.5. The highest BCUT2D eigenvalue weighted by Gasteiger charge is 2.18. The Hall–Kier alpha value is -7.37. The molecule has 0 aliphatic rings. The van der Waals surface area contributed by atoms with Gasteiger partial charge in [0.25, 0.3) is 0 Å². The van der Waals surface area contributed by atoms with Crippen LogP contribution in [0, 0.1) is 0 Å². The van der Waals surface area contributed by atoms with E-state index in [-0.39, 0.29) is 0 Å². The first-order chi connectivity index (χ1) is 28.1. The number of hydrogen-bond donors (Lipinski definition) is 0. The summed E-state index contributed by atoms with van der Waals surface area (Å²) in [6, 6.07) is 64.0. The van der Waals surface area contributed by atoms with Crippen LogP contribution in [0.3, 0.4) is 0 Å². The largest absolute Gasteiger partial charge is 0.299 e. The van der Waals surface area contributed by atoms with Crippen LogP contribution >= 0.6 is 0 Å². The van der Waals surface area contributed by atoms with Crippen molar-refractivity contribution in [2.45, 2.75) is 19.8 Å². The molecule has 5 aromatic heterocycles. The Balaban J connectivity index is 1.06. The van der Waals surface area contributed by atoms with Crippen molar-refractivity contribution < 1.29 is 0 Å². The van der Waals surface area contributed by atoms with E-state index in [1.54, 1.807) is 0 Å². The molecule has 10 aromatic rings. The Morgan fingerprint density at radius 1 is 0.351 bits per heavy atom. The molecule has 0 unspecified atom stereocenters. The second-order valence-corrected chi connectivity index (χ2v) is 14.8. The summed E-state index contributed by atoms with van der Waals surface area (Å²) < 4.78 is 4.34. The van der Waals surface area contributed by atoms with Crippen LogP contribution < -0.4 is 0 Å². The Labute approximate surface area is 332 Å². The van der Waals surface area contributed by atoms with E-state index < -0.39 is 0 Å². The van der Waals surface area contributed by atoms with Crippen LogP contribution in [0.25, 0.3) is 90.0 Å². The molecule has 0 N–H and O–H groups in total. The van der Waals surface area contributed by atoms with Crippen molar-refractivity contribution in [3.63, 3.8) is 0 Å². The van der Waals surface area contributed by atoms with Gasteiger partial charge < -0.3 is 0 Å². The average Bonchev–Trinajstić information content (AvgIpc) is 3.87. The van der Waals surface area contributed by atoms with Crippen molar-refractivity contribution in [2.75, 3.05) is 0 Å². The molecule has 0 bridgehead atoms. The minimum Gasteiger partial charge on any atom is -0.299 e. The van der Waals surface area contributed by atoms with Gasteiger partial charge in [0.1, 0.15) is 11.3 Å². The summed E-state index contributed by atoms with van der Waals surface area (Å²) in [5.74, 6) is 0.463. The second kappa shape index (κ2) is 14.4. The molecule has 0 saturated carbocycles. The van der Waals surface area contributed by atoms with E-state index in [0.717, 1.165) is 90.0 Å². The first-order valence-electron chi connectivity index (χ1n) is 19.5. The van der Waals surface area contributed by atoms with Gasteiger partial charge in [-0.3, -0.25) is 8.80 Å². The third-order valence-electron chi connectivity index (χ3n) is 10.8. The topological polar surface area (TPSA) is 47.5 Å². The van der Waals surface area contributed by atoms with Crippen LogP contribution in [0.15, 0.2) is 194 Å². The van der Waals surface area contributed by atoms with Gasteiger partial charge in [0.15, 0.2) is 0 Å². The van der Waals surface area contributed by atoms with Gasteiger partial charge in [0.05, 0.1) is 34.2 Å². The molecule has 10 rings (SSSR count). The Kier molecular flexibility index (Phi) is 8.61. The Morgan fingerprint density at radius 3 is 1.19 bits per heavy atom. The number of nitrogens with zero attached hydrogens (tertiary/aromatic N) is 5. The summed E-state index contributed by atoms with van der Waals surface area (Å²) >= 11 is 0. The third-order valence-corrected chi connectivity index (χ3v) is 10.8. The summed E-state index contributed by atoms with van der Waals surface area (Å²) in [7, 11) is 0. The highest BCUT2D eigenvalue weighted by atomic mass is 15.0. The van der Waals surface area contributed by atoms with E-state index in [1.165, 1.54) is 5.56 Å². The standard InChI is InChI=1S/C52H39N5/c1-35(2)36-19-21-37(22-20-36)44-33-45(38-23-27-40(28-24-38)49-51(42-13-5-3-6-14-42)56-31-11-9-17-47(56)54-49)53-46(34-44)39-25-29-41(30-26-39)50-52(43-15-7-4-8-16-43)57-32-12-10-18-48(57)55-50/h3-35H,1-2H3. The van der Waals surface area contributed by atoms with Gasteiger partial charge >= 0.3 is 0 Å². The van der Waals surface area contributed by atoms with Gasteiger partial charge in [-0.25, -0.2) is 15.0 Å². The maximum atomic E-state index is 5.31. The molecule has 0 spiro atoms. The van der Waals surface area contributed by atoms with Crippen LogP contribution in [-0.4, -0.2) is 23.8 Å². The van der Waals surface area contributed by atoms with Crippen molar-refractivity contribution in [2.24, 2.45) is 0 Å². The van der Waals surface area contributed by atoms with Crippen molar-refractivity contribution in [1.29, 1.82) is 0 Å². The quantitative estimate of drug-likeness (QED) is 0.156. The maximum Gasteiger partial charge on any atom is 0.137 e. The molecular weight excluding hydrogens is 695 g/mol. The van der Waals surface area contributed by atoms with Gasteiger partial charge in [-0.1, -0.05) is 159 Å². The molecule has 5 aromatic carbocycles. The normalized spacial score (nSPS) is 11.5. The van der Waals surface area contributed by atoms with Crippen LogP contribution in [-0.2, 0) is 0 Å². The van der Waals surface area contributed by atoms with E-state index in [2.05, 4.69) is 193 Å². The van der Waals surface area contributed by atoms with Crippen molar-refractivity contribution >= 4 is 11.3 Å². The number of imidazole rings is 2. The van der Waals surface area contributed by atoms with E-state index in [0.29, 0.717) is 5.92 Å². The molecule has 5 nitrogen and oxygen atoms in total. The van der Waals surface area contributed by atoms with E-state index >= 15 is 0 Å². The van der Waals surface area contributed by atoms with Gasteiger partial charge in [-0.05, 0) is 59.0 Å². The fourth-order valence-electron chi connectivity index (χ4n) is 7.79. The molecular formula is C52H39N5. The molecule has 57 heavy (non-hydrogen) atoms. The molecule has 0 radical (unpaired) electrons. The lowest BCUT2D eigenvalue weighted by atomic mass is 9.96. The lowest BCUT2D eigenvalue weighted by Gasteiger charge is -2.13. The maximum absolute atomic E-state index is 5.31. The molecule has 0 saturated heterocycles. The summed E-state index contributed by atoms with van der Waals surface area (Å²) in [6.45, 7) is 4.46. The second-order valence-electron chi connectivity index (χ2n) is 14.8. The zero-order valence-electron chi connectivity index (χ0n) is 31.8. The SMILES string of the molecule is CC(C)c1ccc(-c2cc(-c3ccc(-c4nc5ccccn5c4-c4ccccc4)cc3)nc(-c3ccc(-c4nc5ccccn5c4-c4ccccc4)cc3)c2)cc1. The molecule has 0 atom stereocenters. The first kappa shape index (κ1) is 34.1. The number of pyridine rings is 3. The number of hydrogen-bond acceptors (Lipinski definition) is 3. The van der Waals surface area contributed by atoms with E-state index in [4.69, 9.17) is 15.0 Å². The molecule has 0 aliphatic heterocycles. The lowest BCUT2D eigenvalue weighted by molar-refractivity contribution is 0.867. The van der Waals surface area contributed by atoms with Crippen LogP contribution in [0.1, 0.15) is 25.3 Å². The fourth-order valence-corrected chi connectivity index (χ4v) is 7.79. The van der Waals surface area contributed by atoms with Gasteiger partial charge in [0, 0.05) is 45.8 Å². The molecule has 5 heteroatoms. The molecule has 0 aliphatic carbocycles. The zero-order chi connectivity index (χ0) is 38.3. The van der Waals surface area contributed by atoms with Crippen LogP contribution in [0.2, 0.25) is 0 Å². The lowest BCUT2D eigenvalue weighted by Crippen LogP contribution is -1.93. The smallest absolute Gasteiger partial charge is 0.137 e. The van der Waals surface area contributed by atoms with Crippen LogP contribution in [0.4, 0.5) is 0 Å². The van der Waals surface area contributed by atoms with E-state index in [9.17, 15) is 0 Å². The fraction of sp³-hybridized carbons (Fsp3) is 0.0577. The zero-order valence-corrected chi connectivity index (χ0v) is 31.8.